The Balaban J connectivity index is 2.43. The number of nitrogens with zero attached hydrogens (tertiary/aromatic N) is 2. The number of aryl methyl sites for hydroxylation is 1. The maximum atomic E-state index is 11.1. The lowest BCUT2D eigenvalue weighted by molar-refractivity contribution is -0.114. The lowest BCUT2D eigenvalue weighted by Gasteiger charge is -2.07. The van der Waals surface area contributed by atoms with Crippen molar-refractivity contribution in [3.63, 3.8) is 0 Å². The number of nitrogens with two attached hydrogens (primary N) is 1. The van der Waals surface area contributed by atoms with Crippen LogP contribution in [0.25, 0.3) is 5.69 Å². The molecule has 1 amide bonds. The van der Waals surface area contributed by atoms with Gasteiger partial charge in [-0.05, 0) is 31.2 Å². The number of amides is 1. The lowest BCUT2D eigenvalue weighted by atomic mass is 10.3. The fraction of sp³-hybridized carbons (Fsp3) is 0.167. The summed E-state index contributed by atoms with van der Waals surface area (Å²) in [5.74, 6) is 0.529. The molecule has 17 heavy (non-hydrogen) atoms. The van der Waals surface area contributed by atoms with Crippen molar-refractivity contribution in [3.8, 4) is 5.69 Å². The van der Waals surface area contributed by atoms with Crippen LogP contribution in [-0.2, 0) is 4.79 Å². The van der Waals surface area contributed by atoms with Gasteiger partial charge in [0.25, 0.3) is 0 Å². The number of aromatic nitrogens is 2. The fourth-order valence-electron chi connectivity index (χ4n) is 1.58. The van der Waals surface area contributed by atoms with Crippen LogP contribution in [0.1, 0.15) is 12.6 Å². The second-order valence-corrected chi connectivity index (χ2v) is 3.86. The standard InChI is InChI=1S/C12H14N4O/c1-8-7-12(14-9(2)17)16(15-8)11-5-3-10(13)4-6-11/h3-7H,13H2,1-2H3,(H,14,17). The van der Waals surface area contributed by atoms with Crippen LogP contribution in [0.4, 0.5) is 11.5 Å². The Hall–Kier alpha value is -2.30. The topological polar surface area (TPSA) is 72.9 Å². The summed E-state index contributed by atoms with van der Waals surface area (Å²) < 4.78 is 1.68. The maximum absolute atomic E-state index is 11.1. The van der Waals surface area contributed by atoms with Crippen LogP contribution in [-0.4, -0.2) is 15.7 Å². The number of nitrogens with one attached hydrogen (secondary N) is 1. The van der Waals surface area contributed by atoms with Crippen LogP contribution >= 0.6 is 0 Å². The summed E-state index contributed by atoms with van der Waals surface area (Å²) in [4.78, 5) is 11.1. The third-order valence-corrected chi connectivity index (χ3v) is 2.27. The van der Waals surface area contributed by atoms with Gasteiger partial charge in [0.2, 0.25) is 5.91 Å². The van der Waals surface area contributed by atoms with E-state index in [9.17, 15) is 4.79 Å². The molecule has 2 rings (SSSR count). The van der Waals surface area contributed by atoms with Crippen LogP contribution < -0.4 is 11.1 Å². The lowest BCUT2D eigenvalue weighted by Crippen LogP contribution is -2.10. The first-order valence-electron chi connectivity index (χ1n) is 5.26. The molecule has 0 unspecified atom stereocenters. The molecule has 0 fully saturated rings. The number of nitrogen functional groups attached to an aromatic ring is 1. The van der Waals surface area contributed by atoms with Gasteiger partial charge in [-0.2, -0.15) is 5.10 Å². The summed E-state index contributed by atoms with van der Waals surface area (Å²) in [5.41, 5.74) is 8.02. The SMILES string of the molecule is CC(=O)Nc1cc(C)nn1-c1ccc(N)cc1. The van der Waals surface area contributed by atoms with Crippen LogP contribution in [0.3, 0.4) is 0 Å². The number of carbonyl (C=O) groups excluding carboxylic acids is 1. The van der Waals surface area contributed by atoms with Gasteiger partial charge in [0.1, 0.15) is 5.82 Å². The largest absolute Gasteiger partial charge is 0.399 e. The molecule has 0 spiro atoms. The molecule has 2 aromatic rings. The number of carbonyl (C=O) groups is 1. The minimum absolute atomic E-state index is 0.124. The summed E-state index contributed by atoms with van der Waals surface area (Å²) >= 11 is 0. The summed E-state index contributed by atoms with van der Waals surface area (Å²) in [6, 6.07) is 9.12. The van der Waals surface area contributed by atoms with E-state index in [0.717, 1.165) is 11.4 Å². The van der Waals surface area contributed by atoms with E-state index in [0.29, 0.717) is 11.5 Å². The summed E-state index contributed by atoms with van der Waals surface area (Å²) in [6.45, 7) is 3.34. The summed E-state index contributed by atoms with van der Waals surface area (Å²) in [6.07, 6.45) is 0. The van der Waals surface area contributed by atoms with Crippen LogP contribution in [0.15, 0.2) is 30.3 Å². The molecule has 0 bridgehead atoms. The van der Waals surface area contributed by atoms with E-state index in [2.05, 4.69) is 10.4 Å². The van der Waals surface area contributed by atoms with E-state index in [1.807, 2.05) is 25.1 Å². The first-order chi connectivity index (χ1) is 8.06. The van der Waals surface area contributed by atoms with Gasteiger partial charge >= 0.3 is 0 Å². The number of hydrogen-bond donors (Lipinski definition) is 2. The normalized spacial score (nSPS) is 10.2. The molecule has 1 aromatic heterocycles. The highest BCUT2D eigenvalue weighted by Gasteiger charge is 2.08. The third kappa shape index (κ3) is 2.44. The molecule has 5 heteroatoms. The number of anilines is 2. The van der Waals surface area contributed by atoms with E-state index in [4.69, 9.17) is 5.73 Å². The molecule has 0 aliphatic carbocycles. The quantitative estimate of drug-likeness (QED) is 0.771. The molecule has 0 radical (unpaired) electrons. The van der Waals surface area contributed by atoms with Crippen LogP contribution in [0.2, 0.25) is 0 Å². The van der Waals surface area contributed by atoms with Gasteiger partial charge in [-0.25, -0.2) is 4.68 Å². The Morgan fingerprint density at radius 3 is 2.59 bits per heavy atom. The van der Waals surface area contributed by atoms with Gasteiger partial charge < -0.3 is 11.1 Å². The predicted octanol–water partition coefficient (Wildman–Crippen LogP) is 1.72. The van der Waals surface area contributed by atoms with Crippen molar-refractivity contribution in [2.45, 2.75) is 13.8 Å². The van der Waals surface area contributed by atoms with Crippen molar-refractivity contribution in [3.05, 3.63) is 36.0 Å². The molecular weight excluding hydrogens is 216 g/mol. The predicted molar refractivity (Wildman–Crippen MR) is 67.0 cm³/mol. The summed E-state index contributed by atoms with van der Waals surface area (Å²) in [7, 11) is 0. The maximum Gasteiger partial charge on any atom is 0.222 e. The van der Waals surface area contributed by atoms with Crippen molar-refractivity contribution in [1.29, 1.82) is 0 Å². The Kier molecular flexibility index (Phi) is 2.82. The number of hydrogen-bond acceptors (Lipinski definition) is 3. The zero-order valence-corrected chi connectivity index (χ0v) is 9.77. The zero-order valence-electron chi connectivity index (χ0n) is 9.77. The van der Waals surface area contributed by atoms with Gasteiger partial charge in [-0.15, -0.1) is 0 Å². The van der Waals surface area contributed by atoms with Gasteiger partial charge in [0.05, 0.1) is 11.4 Å². The Morgan fingerprint density at radius 2 is 2.00 bits per heavy atom. The van der Waals surface area contributed by atoms with Crippen LogP contribution in [0, 0.1) is 6.92 Å². The van der Waals surface area contributed by atoms with Gasteiger partial charge in [0, 0.05) is 18.7 Å². The smallest absolute Gasteiger partial charge is 0.222 e. The molecule has 5 nitrogen and oxygen atoms in total. The summed E-state index contributed by atoms with van der Waals surface area (Å²) in [5, 5.41) is 7.06. The van der Waals surface area contributed by atoms with E-state index in [1.54, 1.807) is 16.8 Å². The van der Waals surface area contributed by atoms with E-state index in [-0.39, 0.29) is 5.91 Å². The van der Waals surface area contributed by atoms with Crippen molar-refractivity contribution < 1.29 is 4.79 Å². The van der Waals surface area contributed by atoms with Gasteiger partial charge in [-0.1, -0.05) is 0 Å². The average Bonchev–Trinajstić information content (AvgIpc) is 2.59. The molecule has 88 valence electrons. The van der Waals surface area contributed by atoms with Gasteiger partial charge in [-0.3, -0.25) is 4.79 Å². The molecule has 0 saturated carbocycles. The Labute approximate surface area is 99.2 Å². The fourth-order valence-corrected chi connectivity index (χ4v) is 1.58. The van der Waals surface area contributed by atoms with Crippen molar-refractivity contribution in [1.82, 2.24) is 9.78 Å². The third-order valence-electron chi connectivity index (χ3n) is 2.27. The average molecular weight is 230 g/mol. The first-order valence-corrected chi connectivity index (χ1v) is 5.26. The monoisotopic (exact) mass is 230 g/mol. The van der Waals surface area contributed by atoms with E-state index in [1.165, 1.54) is 6.92 Å². The molecule has 3 N–H and O–H groups in total. The van der Waals surface area contributed by atoms with Crippen molar-refractivity contribution in [2.24, 2.45) is 0 Å². The highest BCUT2D eigenvalue weighted by Crippen LogP contribution is 2.18. The highest BCUT2D eigenvalue weighted by molar-refractivity contribution is 5.88. The minimum atomic E-state index is -0.124. The zero-order chi connectivity index (χ0) is 12.4. The van der Waals surface area contributed by atoms with Gasteiger partial charge in [0.15, 0.2) is 0 Å². The molecule has 0 atom stereocenters. The highest BCUT2D eigenvalue weighted by atomic mass is 16.1. The van der Waals surface area contributed by atoms with E-state index < -0.39 is 0 Å². The molecule has 1 aromatic carbocycles. The number of benzene rings is 1. The van der Waals surface area contributed by atoms with Crippen molar-refractivity contribution in [2.75, 3.05) is 11.1 Å². The molecule has 0 aliphatic heterocycles. The van der Waals surface area contributed by atoms with Crippen LogP contribution in [0.5, 0.6) is 0 Å². The molecule has 0 aliphatic rings. The first kappa shape index (κ1) is 11.2. The van der Waals surface area contributed by atoms with E-state index >= 15 is 0 Å². The molecule has 0 saturated heterocycles. The van der Waals surface area contributed by atoms with Crippen molar-refractivity contribution >= 4 is 17.4 Å². The molecule has 1 heterocycles. The Morgan fingerprint density at radius 1 is 1.35 bits per heavy atom. The Bertz CT molecular complexity index is 542. The number of rotatable bonds is 2. The minimum Gasteiger partial charge on any atom is -0.399 e. The second kappa shape index (κ2) is 4.29. The second-order valence-electron chi connectivity index (χ2n) is 3.86. The molecular formula is C12H14N4O.